The molecule has 0 saturated carbocycles. The van der Waals surface area contributed by atoms with Crippen molar-refractivity contribution in [3.05, 3.63) is 106 Å². The molecule has 1 atom stereocenters. The maximum absolute atomic E-state index is 14.5. The van der Waals surface area contributed by atoms with Crippen LogP contribution in [0.2, 0.25) is 5.02 Å². The van der Waals surface area contributed by atoms with Crippen LogP contribution in [0, 0.1) is 18.7 Å². The molecule has 0 heterocycles. The summed E-state index contributed by atoms with van der Waals surface area (Å²) in [5, 5.41) is 3.18. The minimum absolute atomic E-state index is 0.134. The minimum Gasteiger partial charge on any atom is -0.354 e. The van der Waals surface area contributed by atoms with Gasteiger partial charge in [-0.2, -0.15) is 0 Å². The molecule has 35 heavy (non-hydrogen) atoms. The van der Waals surface area contributed by atoms with E-state index in [0.717, 1.165) is 16.7 Å². The van der Waals surface area contributed by atoms with Crippen LogP contribution in [0.1, 0.15) is 36.1 Å². The summed E-state index contributed by atoms with van der Waals surface area (Å²) in [5.41, 5.74) is 3.02. The molecule has 0 aliphatic rings. The molecule has 2 amide bonds. The van der Waals surface area contributed by atoms with Crippen molar-refractivity contribution in [1.29, 1.82) is 0 Å². The third kappa shape index (κ3) is 7.66. The number of amides is 2. The standard InChI is InChI=1S/C29H32ClFN2O2/c1-20(2)18-32-29(35)27(16-22-10-5-4-6-11-22)33(19-23-12-7-9-21(3)15-23)28(34)17-24-25(30)13-8-14-26(24)31/h4-15,20,27H,16-19H2,1-3H3,(H,32,35)/t27-/m0/s1. The fourth-order valence-electron chi connectivity index (χ4n) is 3.94. The fourth-order valence-corrected chi connectivity index (χ4v) is 4.17. The first-order chi connectivity index (χ1) is 16.7. The van der Waals surface area contributed by atoms with Crippen LogP contribution in [0.15, 0.2) is 72.8 Å². The van der Waals surface area contributed by atoms with Gasteiger partial charge in [0.1, 0.15) is 11.9 Å². The van der Waals surface area contributed by atoms with Crippen LogP contribution >= 0.6 is 11.6 Å². The van der Waals surface area contributed by atoms with Crippen molar-refractivity contribution in [2.45, 2.75) is 46.2 Å². The summed E-state index contributed by atoms with van der Waals surface area (Å²) in [7, 11) is 0. The highest BCUT2D eigenvalue weighted by Gasteiger charge is 2.31. The molecule has 0 fully saturated rings. The quantitative estimate of drug-likeness (QED) is 0.390. The summed E-state index contributed by atoms with van der Waals surface area (Å²) >= 11 is 6.23. The van der Waals surface area contributed by atoms with Gasteiger partial charge in [-0.25, -0.2) is 4.39 Å². The maximum atomic E-state index is 14.5. The largest absolute Gasteiger partial charge is 0.354 e. The highest BCUT2D eigenvalue weighted by molar-refractivity contribution is 6.31. The van der Waals surface area contributed by atoms with Crippen LogP contribution in [0.3, 0.4) is 0 Å². The Hall–Kier alpha value is -3.18. The third-order valence-electron chi connectivity index (χ3n) is 5.78. The van der Waals surface area contributed by atoms with Gasteiger partial charge in [0.25, 0.3) is 0 Å². The Balaban J connectivity index is 2.00. The molecule has 6 heteroatoms. The number of aryl methyl sites for hydroxylation is 1. The Morgan fingerprint density at radius 1 is 0.971 bits per heavy atom. The molecule has 0 radical (unpaired) electrons. The third-order valence-corrected chi connectivity index (χ3v) is 6.13. The van der Waals surface area contributed by atoms with E-state index in [9.17, 15) is 14.0 Å². The second-order valence-electron chi connectivity index (χ2n) is 9.23. The Labute approximate surface area is 212 Å². The van der Waals surface area contributed by atoms with Crippen molar-refractivity contribution in [1.82, 2.24) is 10.2 Å². The van der Waals surface area contributed by atoms with E-state index in [1.165, 1.54) is 12.1 Å². The van der Waals surface area contributed by atoms with Crippen LogP contribution in [0.4, 0.5) is 4.39 Å². The summed E-state index contributed by atoms with van der Waals surface area (Å²) in [6.45, 7) is 6.73. The topological polar surface area (TPSA) is 49.4 Å². The Bertz CT molecular complexity index is 1130. The number of hydrogen-bond acceptors (Lipinski definition) is 2. The van der Waals surface area contributed by atoms with Gasteiger partial charge in [-0.3, -0.25) is 9.59 Å². The zero-order valence-corrected chi connectivity index (χ0v) is 21.2. The Kier molecular flexibility index (Phi) is 9.44. The van der Waals surface area contributed by atoms with E-state index in [0.29, 0.717) is 13.0 Å². The molecule has 0 aliphatic heterocycles. The summed E-state index contributed by atoms with van der Waals surface area (Å²) < 4.78 is 14.5. The molecular formula is C29H32ClFN2O2. The lowest BCUT2D eigenvalue weighted by molar-refractivity contribution is -0.140. The van der Waals surface area contributed by atoms with Crippen molar-refractivity contribution < 1.29 is 14.0 Å². The molecule has 0 unspecified atom stereocenters. The number of rotatable bonds is 10. The van der Waals surface area contributed by atoms with Crippen LogP contribution in [-0.2, 0) is 29.0 Å². The van der Waals surface area contributed by atoms with Gasteiger partial charge in [0, 0.05) is 30.1 Å². The van der Waals surface area contributed by atoms with Gasteiger partial charge >= 0.3 is 0 Å². The second-order valence-corrected chi connectivity index (χ2v) is 9.64. The SMILES string of the molecule is Cc1cccc(CN(C(=O)Cc2c(F)cccc2Cl)[C@@H](Cc2ccccc2)C(=O)NCC(C)C)c1. The average Bonchev–Trinajstić information content (AvgIpc) is 2.82. The van der Waals surface area contributed by atoms with Gasteiger partial charge in [-0.1, -0.05) is 91.7 Å². The lowest BCUT2D eigenvalue weighted by Gasteiger charge is -2.32. The van der Waals surface area contributed by atoms with Crippen molar-refractivity contribution in [3.8, 4) is 0 Å². The monoisotopic (exact) mass is 494 g/mol. The number of benzene rings is 3. The number of carbonyl (C=O) groups excluding carboxylic acids is 2. The van der Waals surface area contributed by atoms with Gasteiger partial charge < -0.3 is 10.2 Å². The molecule has 0 aromatic heterocycles. The normalized spacial score (nSPS) is 11.8. The average molecular weight is 495 g/mol. The first-order valence-electron chi connectivity index (χ1n) is 11.8. The molecule has 3 aromatic rings. The van der Waals surface area contributed by atoms with E-state index in [4.69, 9.17) is 11.6 Å². The molecule has 184 valence electrons. The van der Waals surface area contributed by atoms with E-state index in [1.807, 2.05) is 75.4 Å². The van der Waals surface area contributed by atoms with Gasteiger partial charge in [-0.05, 0) is 36.1 Å². The minimum atomic E-state index is -0.769. The van der Waals surface area contributed by atoms with Crippen molar-refractivity contribution >= 4 is 23.4 Å². The van der Waals surface area contributed by atoms with Crippen LogP contribution in [0.5, 0.6) is 0 Å². The smallest absolute Gasteiger partial charge is 0.243 e. The van der Waals surface area contributed by atoms with Crippen LogP contribution in [0.25, 0.3) is 0 Å². The van der Waals surface area contributed by atoms with Crippen LogP contribution < -0.4 is 5.32 Å². The molecule has 1 N–H and O–H groups in total. The number of hydrogen-bond donors (Lipinski definition) is 1. The van der Waals surface area contributed by atoms with E-state index < -0.39 is 11.9 Å². The predicted octanol–water partition coefficient (Wildman–Crippen LogP) is 5.74. The molecule has 0 saturated heterocycles. The first kappa shape index (κ1) is 26.4. The Morgan fingerprint density at radius 2 is 1.66 bits per heavy atom. The summed E-state index contributed by atoms with van der Waals surface area (Å²) in [6.07, 6.45) is 0.105. The van der Waals surface area contributed by atoms with E-state index in [2.05, 4.69) is 5.32 Å². The van der Waals surface area contributed by atoms with E-state index in [1.54, 1.807) is 11.0 Å². The van der Waals surface area contributed by atoms with Crippen molar-refractivity contribution in [2.75, 3.05) is 6.54 Å². The van der Waals surface area contributed by atoms with Gasteiger partial charge in [0.2, 0.25) is 11.8 Å². The van der Waals surface area contributed by atoms with E-state index in [-0.39, 0.29) is 41.3 Å². The second kappa shape index (κ2) is 12.5. The Morgan fingerprint density at radius 3 is 2.31 bits per heavy atom. The number of nitrogens with one attached hydrogen (secondary N) is 1. The molecule has 3 rings (SSSR count). The zero-order chi connectivity index (χ0) is 25.4. The summed E-state index contributed by atoms with van der Waals surface area (Å²) in [4.78, 5) is 28.7. The van der Waals surface area contributed by atoms with E-state index >= 15 is 0 Å². The highest BCUT2D eigenvalue weighted by atomic mass is 35.5. The zero-order valence-electron chi connectivity index (χ0n) is 20.4. The van der Waals surface area contributed by atoms with Crippen LogP contribution in [-0.4, -0.2) is 29.3 Å². The van der Waals surface area contributed by atoms with Gasteiger partial charge in [0.15, 0.2) is 0 Å². The predicted molar refractivity (Wildman–Crippen MR) is 139 cm³/mol. The number of halogens is 2. The molecule has 0 spiro atoms. The lowest BCUT2D eigenvalue weighted by atomic mass is 10.0. The number of carbonyl (C=O) groups is 2. The van der Waals surface area contributed by atoms with Gasteiger partial charge in [0.05, 0.1) is 6.42 Å². The number of nitrogens with zero attached hydrogens (tertiary/aromatic N) is 1. The fraction of sp³-hybridized carbons (Fsp3) is 0.310. The lowest BCUT2D eigenvalue weighted by Crippen LogP contribution is -2.51. The molecule has 0 bridgehead atoms. The molecule has 4 nitrogen and oxygen atoms in total. The summed E-state index contributed by atoms with van der Waals surface area (Å²) in [6, 6.07) is 21.0. The highest BCUT2D eigenvalue weighted by Crippen LogP contribution is 2.22. The first-order valence-corrected chi connectivity index (χ1v) is 12.2. The van der Waals surface area contributed by atoms with Crippen molar-refractivity contribution in [2.24, 2.45) is 5.92 Å². The summed E-state index contributed by atoms with van der Waals surface area (Å²) in [5.74, 6) is -0.873. The maximum Gasteiger partial charge on any atom is 0.243 e. The molecule has 0 aliphatic carbocycles. The molecular weight excluding hydrogens is 463 g/mol. The molecule has 3 aromatic carbocycles. The van der Waals surface area contributed by atoms with Gasteiger partial charge in [-0.15, -0.1) is 0 Å². The van der Waals surface area contributed by atoms with Crippen molar-refractivity contribution in [3.63, 3.8) is 0 Å².